The van der Waals surface area contributed by atoms with Crippen molar-refractivity contribution >= 4 is 0 Å². The smallest absolute Gasteiger partial charge is 0.00406 e. The number of hydrogen-bond donors (Lipinski definition) is 1. The van der Waals surface area contributed by atoms with Gasteiger partial charge in [0.05, 0.1) is 0 Å². The zero-order chi connectivity index (χ0) is 7.57. The van der Waals surface area contributed by atoms with Gasteiger partial charge in [0.15, 0.2) is 0 Å². The first-order valence-corrected chi connectivity index (χ1v) is 4.80. The van der Waals surface area contributed by atoms with E-state index in [2.05, 4.69) is 17.5 Å². The summed E-state index contributed by atoms with van der Waals surface area (Å²) in [4.78, 5) is 0. The van der Waals surface area contributed by atoms with Gasteiger partial charge in [-0.1, -0.05) is 12.2 Å². The van der Waals surface area contributed by atoms with Gasteiger partial charge in [-0.25, -0.2) is 0 Å². The predicted molar refractivity (Wildman–Crippen MR) is 47.5 cm³/mol. The molecule has 0 atom stereocenters. The van der Waals surface area contributed by atoms with Crippen LogP contribution < -0.4 is 5.32 Å². The van der Waals surface area contributed by atoms with Gasteiger partial charge in [-0.15, -0.1) is 0 Å². The van der Waals surface area contributed by atoms with Gasteiger partial charge in [0.25, 0.3) is 0 Å². The minimum Gasteiger partial charge on any atom is -0.317 e. The molecule has 0 aromatic carbocycles. The number of allylic oxidation sites excluding steroid dienone is 2. The van der Waals surface area contributed by atoms with E-state index in [1.54, 1.807) is 0 Å². The molecule has 0 unspecified atom stereocenters. The standard InChI is InChI=1S/C10H17N/c1-2-4-10(5-3-1)6-8-11-9-7-10/h2,4,11H,1,3,5-9H2. The van der Waals surface area contributed by atoms with Gasteiger partial charge in [0.1, 0.15) is 0 Å². The summed E-state index contributed by atoms with van der Waals surface area (Å²) in [6.07, 6.45) is 11.8. The van der Waals surface area contributed by atoms with Crippen LogP contribution in [0.4, 0.5) is 0 Å². The van der Waals surface area contributed by atoms with E-state index in [1.807, 2.05) is 0 Å². The molecule has 2 aliphatic rings. The number of piperidine rings is 1. The Morgan fingerprint density at radius 3 is 2.55 bits per heavy atom. The van der Waals surface area contributed by atoms with Crippen molar-refractivity contribution in [1.29, 1.82) is 0 Å². The van der Waals surface area contributed by atoms with E-state index in [4.69, 9.17) is 0 Å². The molecule has 2 rings (SSSR count). The number of rotatable bonds is 0. The zero-order valence-electron chi connectivity index (χ0n) is 7.10. The lowest BCUT2D eigenvalue weighted by Gasteiger charge is -2.37. The van der Waals surface area contributed by atoms with Crippen LogP contribution in [0.2, 0.25) is 0 Å². The minimum absolute atomic E-state index is 0.615. The first-order valence-electron chi connectivity index (χ1n) is 4.80. The van der Waals surface area contributed by atoms with Gasteiger partial charge in [-0.3, -0.25) is 0 Å². The quantitative estimate of drug-likeness (QED) is 0.523. The molecule has 1 N–H and O–H groups in total. The van der Waals surface area contributed by atoms with Crippen LogP contribution in [-0.2, 0) is 0 Å². The first kappa shape index (κ1) is 7.35. The van der Waals surface area contributed by atoms with E-state index in [0.717, 1.165) is 0 Å². The normalized spacial score (nSPS) is 29.1. The number of hydrogen-bond acceptors (Lipinski definition) is 1. The lowest BCUT2D eigenvalue weighted by atomic mass is 9.72. The van der Waals surface area contributed by atoms with Gasteiger partial charge in [-0.05, 0) is 50.6 Å². The van der Waals surface area contributed by atoms with Crippen LogP contribution in [0, 0.1) is 5.41 Å². The molecule has 1 spiro atoms. The second kappa shape index (κ2) is 2.98. The van der Waals surface area contributed by atoms with Crippen molar-refractivity contribution in [3.63, 3.8) is 0 Å². The second-order valence-corrected chi connectivity index (χ2v) is 3.91. The Morgan fingerprint density at radius 2 is 1.91 bits per heavy atom. The highest BCUT2D eigenvalue weighted by atomic mass is 14.9. The van der Waals surface area contributed by atoms with E-state index in [-0.39, 0.29) is 0 Å². The highest BCUT2D eigenvalue weighted by molar-refractivity contribution is 5.05. The van der Waals surface area contributed by atoms with Gasteiger partial charge < -0.3 is 5.32 Å². The molecule has 1 aliphatic carbocycles. The Balaban J connectivity index is 2.06. The second-order valence-electron chi connectivity index (χ2n) is 3.91. The van der Waals surface area contributed by atoms with E-state index in [1.165, 1.54) is 45.2 Å². The van der Waals surface area contributed by atoms with Gasteiger partial charge in [0, 0.05) is 0 Å². The summed E-state index contributed by atoms with van der Waals surface area (Å²) >= 11 is 0. The van der Waals surface area contributed by atoms with Crippen LogP contribution in [0.15, 0.2) is 12.2 Å². The lowest BCUT2D eigenvalue weighted by molar-refractivity contribution is 0.239. The fraction of sp³-hybridized carbons (Fsp3) is 0.800. The van der Waals surface area contributed by atoms with Crippen molar-refractivity contribution in [1.82, 2.24) is 5.32 Å². The third-order valence-electron chi connectivity index (χ3n) is 3.12. The molecule has 62 valence electrons. The van der Waals surface area contributed by atoms with E-state index < -0.39 is 0 Å². The molecule has 1 saturated heterocycles. The summed E-state index contributed by atoms with van der Waals surface area (Å²) in [6.45, 7) is 2.45. The molecule has 0 radical (unpaired) electrons. The van der Waals surface area contributed by atoms with E-state index in [0.29, 0.717) is 5.41 Å². The average Bonchev–Trinajstić information content (AvgIpc) is 2.07. The summed E-state index contributed by atoms with van der Waals surface area (Å²) in [5.41, 5.74) is 0.615. The van der Waals surface area contributed by atoms with Crippen molar-refractivity contribution in [3.05, 3.63) is 12.2 Å². The average molecular weight is 151 g/mol. The van der Waals surface area contributed by atoms with Crippen molar-refractivity contribution in [2.24, 2.45) is 5.41 Å². The zero-order valence-corrected chi connectivity index (χ0v) is 7.10. The monoisotopic (exact) mass is 151 g/mol. The molecule has 1 aliphatic heterocycles. The Morgan fingerprint density at radius 1 is 1.09 bits per heavy atom. The summed E-state index contributed by atoms with van der Waals surface area (Å²) in [5.74, 6) is 0. The topological polar surface area (TPSA) is 12.0 Å². The molecule has 0 saturated carbocycles. The summed E-state index contributed by atoms with van der Waals surface area (Å²) in [5, 5.41) is 3.42. The molecule has 11 heavy (non-hydrogen) atoms. The van der Waals surface area contributed by atoms with E-state index >= 15 is 0 Å². The van der Waals surface area contributed by atoms with E-state index in [9.17, 15) is 0 Å². The van der Waals surface area contributed by atoms with Crippen LogP contribution in [0.3, 0.4) is 0 Å². The molecule has 0 aromatic rings. The third-order valence-corrected chi connectivity index (χ3v) is 3.12. The SMILES string of the molecule is C1=CC2(CCC1)CCNCC2. The highest BCUT2D eigenvalue weighted by Crippen LogP contribution is 2.38. The molecule has 0 bridgehead atoms. The molecular weight excluding hydrogens is 134 g/mol. The predicted octanol–water partition coefficient (Wildman–Crippen LogP) is 2.10. The van der Waals surface area contributed by atoms with Gasteiger partial charge in [0.2, 0.25) is 0 Å². The summed E-state index contributed by atoms with van der Waals surface area (Å²) in [7, 11) is 0. The Labute approximate surface area is 68.9 Å². The Hall–Kier alpha value is -0.300. The van der Waals surface area contributed by atoms with Crippen molar-refractivity contribution < 1.29 is 0 Å². The van der Waals surface area contributed by atoms with Crippen molar-refractivity contribution in [3.8, 4) is 0 Å². The Bertz CT molecular complexity index is 154. The maximum atomic E-state index is 3.42. The van der Waals surface area contributed by atoms with Gasteiger partial charge >= 0.3 is 0 Å². The third kappa shape index (κ3) is 1.48. The summed E-state index contributed by atoms with van der Waals surface area (Å²) in [6, 6.07) is 0. The van der Waals surface area contributed by atoms with Gasteiger partial charge in [-0.2, -0.15) is 0 Å². The lowest BCUT2D eigenvalue weighted by Crippen LogP contribution is -2.36. The fourth-order valence-corrected chi connectivity index (χ4v) is 2.33. The van der Waals surface area contributed by atoms with Crippen molar-refractivity contribution in [2.75, 3.05) is 13.1 Å². The van der Waals surface area contributed by atoms with Crippen molar-refractivity contribution in [2.45, 2.75) is 32.1 Å². The van der Waals surface area contributed by atoms with Crippen LogP contribution >= 0.6 is 0 Å². The number of nitrogens with one attached hydrogen (secondary N) is 1. The highest BCUT2D eigenvalue weighted by Gasteiger charge is 2.29. The van der Waals surface area contributed by atoms with Crippen LogP contribution in [0.25, 0.3) is 0 Å². The fourth-order valence-electron chi connectivity index (χ4n) is 2.33. The maximum Gasteiger partial charge on any atom is -0.00406 e. The molecule has 1 heterocycles. The Kier molecular flexibility index (Phi) is 1.99. The molecular formula is C10H17N. The first-order chi connectivity index (χ1) is 5.41. The molecule has 1 fully saturated rings. The molecule has 1 heteroatoms. The van der Waals surface area contributed by atoms with Crippen LogP contribution in [0.1, 0.15) is 32.1 Å². The molecule has 1 nitrogen and oxygen atoms in total. The van der Waals surface area contributed by atoms with Crippen LogP contribution in [-0.4, -0.2) is 13.1 Å². The largest absolute Gasteiger partial charge is 0.317 e. The molecule has 0 aromatic heterocycles. The van der Waals surface area contributed by atoms with Crippen LogP contribution in [0.5, 0.6) is 0 Å². The minimum atomic E-state index is 0.615. The molecule has 0 amide bonds. The maximum absolute atomic E-state index is 3.42. The summed E-state index contributed by atoms with van der Waals surface area (Å²) < 4.78 is 0.